The molecule has 0 bridgehead atoms. The minimum absolute atomic E-state index is 0.0186. The van der Waals surface area contributed by atoms with Crippen LogP contribution in [0.4, 0.5) is 0 Å². The van der Waals surface area contributed by atoms with Crippen LogP contribution in [0.15, 0.2) is 90.6 Å². The maximum Gasteiger partial charge on any atom is 0.339 e. The topological polar surface area (TPSA) is 132 Å². The molecular weight excluding hydrogens is 556 g/mol. The number of hydrogen-bond donors (Lipinski definition) is 0. The predicted octanol–water partition coefficient (Wildman–Crippen LogP) is 6.01. The van der Waals surface area contributed by atoms with Crippen LogP contribution in [0, 0.1) is 0 Å². The molecule has 0 N–H and O–H groups in total. The smallest absolute Gasteiger partial charge is 0.339 e. The lowest BCUT2D eigenvalue weighted by Crippen LogP contribution is -2.14. The zero-order chi connectivity index (χ0) is 32.6. The van der Waals surface area contributed by atoms with E-state index in [2.05, 4.69) is 26.3 Å². The molecule has 0 heterocycles. The number of carbonyl (C=O) groups is 5. The van der Waals surface area contributed by atoms with Crippen LogP contribution >= 0.6 is 0 Å². The fourth-order valence-corrected chi connectivity index (χ4v) is 2.92. The summed E-state index contributed by atoms with van der Waals surface area (Å²) in [5.74, 6) is -4.19. The van der Waals surface area contributed by atoms with E-state index in [1.807, 2.05) is 0 Å². The minimum Gasteiger partial charge on any atom is -0.423 e. The third-order valence-electron chi connectivity index (χ3n) is 5.58. The molecular formula is C33H32O10. The van der Waals surface area contributed by atoms with Gasteiger partial charge in [-0.2, -0.15) is 0 Å². The summed E-state index contributed by atoms with van der Waals surface area (Å²) in [6.07, 6.45) is 0. The van der Waals surface area contributed by atoms with Crippen molar-refractivity contribution in [2.45, 2.75) is 41.5 Å². The zero-order valence-corrected chi connectivity index (χ0v) is 24.9. The molecule has 10 nitrogen and oxygen atoms in total. The van der Waals surface area contributed by atoms with Gasteiger partial charge in [0.05, 0.1) is 0 Å². The molecule has 0 radical (unpaired) electrons. The first-order valence-corrected chi connectivity index (χ1v) is 12.7. The highest BCUT2D eigenvalue weighted by Gasteiger charge is 2.20. The Labute approximate surface area is 249 Å². The second-order valence-corrected chi connectivity index (χ2v) is 9.59. The second kappa shape index (κ2) is 14.4. The van der Waals surface area contributed by atoms with Gasteiger partial charge < -0.3 is 23.7 Å². The van der Waals surface area contributed by atoms with Crippen molar-refractivity contribution in [3.8, 4) is 28.7 Å². The minimum atomic E-state index is -0.788. The molecule has 0 aromatic heterocycles. The van der Waals surface area contributed by atoms with Gasteiger partial charge in [-0.25, -0.2) is 24.0 Å². The number of carbonyl (C=O) groups excluding carboxylic acids is 5. The molecule has 0 amide bonds. The summed E-state index contributed by atoms with van der Waals surface area (Å²) in [7, 11) is 0. The first kappa shape index (κ1) is 33.7. The summed E-state index contributed by atoms with van der Waals surface area (Å²) >= 11 is 0. The van der Waals surface area contributed by atoms with E-state index in [1.165, 1.54) is 65.0 Å². The van der Waals surface area contributed by atoms with E-state index in [9.17, 15) is 24.0 Å². The van der Waals surface area contributed by atoms with Gasteiger partial charge in [0.15, 0.2) is 23.0 Å². The highest BCUT2D eigenvalue weighted by atomic mass is 16.6. The summed E-state index contributed by atoms with van der Waals surface area (Å²) in [6.45, 7) is 23.1. The van der Waals surface area contributed by atoms with Crippen LogP contribution in [0.2, 0.25) is 0 Å². The van der Waals surface area contributed by atoms with Crippen molar-refractivity contribution < 1.29 is 47.7 Å². The van der Waals surface area contributed by atoms with Crippen LogP contribution in [0.3, 0.4) is 0 Å². The highest BCUT2D eigenvalue weighted by Crippen LogP contribution is 2.35. The number of esters is 5. The third kappa shape index (κ3) is 9.25. The molecule has 10 heteroatoms. The van der Waals surface area contributed by atoms with Gasteiger partial charge in [-0.3, -0.25) is 0 Å². The Kier molecular flexibility index (Phi) is 11.3. The van der Waals surface area contributed by atoms with Crippen molar-refractivity contribution in [2.24, 2.45) is 0 Å². The number of ether oxygens (including phenoxy) is 5. The van der Waals surface area contributed by atoms with E-state index in [-0.39, 0.29) is 56.6 Å². The molecule has 2 rings (SSSR count). The van der Waals surface area contributed by atoms with Gasteiger partial charge in [0, 0.05) is 33.9 Å². The molecule has 0 atom stereocenters. The molecule has 43 heavy (non-hydrogen) atoms. The van der Waals surface area contributed by atoms with E-state index in [1.54, 1.807) is 13.0 Å². The predicted molar refractivity (Wildman–Crippen MR) is 159 cm³/mol. The molecule has 2 aromatic carbocycles. The molecule has 0 saturated carbocycles. The Morgan fingerprint density at radius 3 is 1.26 bits per heavy atom. The summed E-state index contributed by atoms with van der Waals surface area (Å²) in [5, 5.41) is 0. The van der Waals surface area contributed by atoms with Crippen molar-refractivity contribution >= 4 is 35.4 Å². The molecule has 0 aliphatic heterocycles. The van der Waals surface area contributed by atoms with Gasteiger partial charge in [-0.05, 0) is 76.9 Å². The second-order valence-electron chi connectivity index (χ2n) is 9.59. The zero-order valence-electron chi connectivity index (χ0n) is 24.9. The number of benzene rings is 2. The standard InChI is InChI=1S/C33H32O10/c1-17(2)29(34)40-25-13-11-23(15-27(25)42-31(36)19(5)6)21(9)22(10)33(38)39-24-12-14-26(41-30(35)18(3)4)28(16-24)43-32(37)20(7)8/h11-16H,1,3,5,7H2,2,4,6,8-10H3. The average molecular weight is 589 g/mol. The Bertz CT molecular complexity index is 1600. The Hall–Kier alpha value is -5.51. The van der Waals surface area contributed by atoms with Crippen molar-refractivity contribution in [2.75, 3.05) is 0 Å². The SMILES string of the molecule is C=C(C)C(=O)Oc1ccc(OC(=O)C(C)=C(C)c2ccc(OC(=O)C(=C)C)c(OC(=O)C(=C)C)c2)cc1OC(=O)C(=C)C. The fraction of sp³-hybridized carbons (Fsp3) is 0.182. The lowest BCUT2D eigenvalue weighted by molar-refractivity contribution is -0.132. The molecule has 2 aromatic rings. The maximum atomic E-state index is 13.1. The summed E-state index contributed by atoms with van der Waals surface area (Å²) in [4.78, 5) is 61.6. The van der Waals surface area contributed by atoms with Crippen molar-refractivity contribution in [1.29, 1.82) is 0 Å². The van der Waals surface area contributed by atoms with Crippen molar-refractivity contribution in [3.63, 3.8) is 0 Å². The summed E-state index contributed by atoms with van der Waals surface area (Å²) < 4.78 is 26.6. The monoisotopic (exact) mass is 588 g/mol. The first-order valence-electron chi connectivity index (χ1n) is 12.7. The van der Waals surface area contributed by atoms with Gasteiger partial charge in [-0.15, -0.1) is 0 Å². The average Bonchev–Trinajstić information content (AvgIpc) is 2.93. The molecule has 0 unspecified atom stereocenters. The maximum absolute atomic E-state index is 13.1. The normalized spacial score (nSPS) is 10.8. The van der Waals surface area contributed by atoms with Crippen LogP contribution in [0.5, 0.6) is 28.7 Å². The van der Waals surface area contributed by atoms with Crippen molar-refractivity contribution in [1.82, 2.24) is 0 Å². The van der Waals surface area contributed by atoms with Gasteiger partial charge in [0.25, 0.3) is 0 Å². The third-order valence-corrected chi connectivity index (χ3v) is 5.58. The molecule has 0 fully saturated rings. The number of allylic oxidation sites excluding steroid dienone is 1. The molecule has 0 aliphatic carbocycles. The number of rotatable bonds is 11. The molecule has 0 saturated heterocycles. The Morgan fingerprint density at radius 1 is 0.465 bits per heavy atom. The van der Waals surface area contributed by atoms with E-state index in [4.69, 9.17) is 23.7 Å². The van der Waals surface area contributed by atoms with Crippen LogP contribution in [-0.2, 0) is 24.0 Å². The van der Waals surface area contributed by atoms with Gasteiger partial charge >= 0.3 is 29.8 Å². The van der Waals surface area contributed by atoms with Crippen LogP contribution < -0.4 is 23.7 Å². The van der Waals surface area contributed by atoms with Crippen LogP contribution in [0.25, 0.3) is 5.57 Å². The van der Waals surface area contributed by atoms with Crippen LogP contribution in [0.1, 0.15) is 47.1 Å². The van der Waals surface area contributed by atoms with E-state index in [0.29, 0.717) is 11.1 Å². The first-order chi connectivity index (χ1) is 20.0. The van der Waals surface area contributed by atoms with E-state index >= 15 is 0 Å². The number of hydrogen-bond acceptors (Lipinski definition) is 10. The van der Waals surface area contributed by atoms with E-state index < -0.39 is 29.8 Å². The Morgan fingerprint density at radius 2 is 0.837 bits per heavy atom. The lowest BCUT2D eigenvalue weighted by atomic mass is 10.0. The van der Waals surface area contributed by atoms with Gasteiger partial charge in [-0.1, -0.05) is 32.4 Å². The summed E-state index contributed by atoms with van der Waals surface area (Å²) in [5.41, 5.74) is 1.51. The van der Waals surface area contributed by atoms with Gasteiger partial charge in [0.2, 0.25) is 0 Å². The lowest BCUT2D eigenvalue weighted by Gasteiger charge is -2.14. The summed E-state index contributed by atoms with van der Waals surface area (Å²) in [6, 6.07) is 8.25. The highest BCUT2D eigenvalue weighted by molar-refractivity contribution is 5.98. The molecule has 224 valence electrons. The van der Waals surface area contributed by atoms with Crippen LogP contribution in [-0.4, -0.2) is 29.8 Å². The quantitative estimate of drug-likeness (QED) is 0.175. The van der Waals surface area contributed by atoms with Crippen molar-refractivity contribution in [3.05, 3.63) is 96.1 Å². The van der Waals surface area contributed by atoms with E-state index in [0.717, 1.165) is 0 Å². The largest absolute Gasteiger partial charge is 0.423 e. The van der Waals surface area contributed by atoms with Gasteiger partial charge in [0.1, 0.15) is 5.75 Å². The fourth-order valence-electron chi connectivity index (χ4n) is 2.92. The molecule has 0 aliphatic rings. The Balaban J connectivity index is 2.44. The molecule has 0 spiro atoms.